The molecule has 1 heterocycles. The zero-order valence-corrected chi connectivity index (χ0v) is 11.4. The van der Waals surface area contributed by atoms with Gasteiger partial charge in [-0.15, -0.1) is 0 Å². The van der Waals surface area contributed by atoms with Gasteiger partial charge in [0.05, 0.1) is 0 Å². The normalized spacial score (nSPS) is 11.6. The number of carbonyl (C=O) groups is 1. The molecule has 1 aromatic rings. The highest BCUT2D eigenvalue weighted by Gasteiger charge is 2.14. The van der Waals surface area contributed by atoms with E-state index in [0.717, 1.165) is 5.56 Å². The zero-order chi connectivity index (χ0) is 13.6. The van der Waals surface area contributed by atoms with Crippen molar-refractivity contribution in [2.45, 2.75) is 26.4 Å². The molecule has 0 saturated carbocycles. The molecule has 0 bridgehead atoms. The molecule has 0 aliphatic carbocycles. The Morgan fingerprint density at radius 1 is 1.44 bits per heavy atom. The number of carbonyl (C=O) groups excluding carboxylic acids is 1. The predicted molar refractivity (Wildman–Crippen MR) is 70.3 cm³/mol. The Kier molecular flexibility index (Phi) is 5.09. The van der Waals surface area contributed by atoms with E-state index >= 15 is 0 Å². The Bertz CT molecular complexity index is 424. The summed E-state index contributed by atoms with van der Waals surface area (Å²) in [6.07, 6.45) is 6.31. The van der Waals surface area contributed by atoms with Crippen LogP contribution in [0.25, 0.3) is 6.08 Å². The molecule has 5 nitrogen and oxygen atoms in total. The van der Waals surface area contributed by atoms with Crippen LogP contribution in [0.4, 0.5) is 4.79 Å². The van der Waals surface area contributed by atoms with Gasteiger partial charge in [0.2, 0.25) is 5.28 Å². The van der Waals surface area contributed by atoms with E-state index in [1.165, 1.54) is 0 Å². The van der Waals surface area contributed by atoms with Crippen molar-refractivity contribution in [3.63, 3.8) is 0 Å². The summed E-state index contributed by atoms with van der Waals surface area (Å²) in [5.41, 5.74) is 0.322. The number of aromatic nitrogens is 2. The second kappa shape index (κ2) is 6.35. The van der Waals surface area contributed by atoms with Gasteiger partial charge in [0.25, 0.3) is 0 Å². The molecule has 18 heavy (non-hydrogen) atoms. The molecule has 0 atom stereocenters. The molecule has 0 aromatic carbocycles. The van der Waals surface area contributed by atoms with Crippen molar-refractivity contribution < 1.29 is 9.53 Å². The Balaban J connectivity index is 2.33. The number of hydrogen-bond acceptors (Lipinski definition) is 4. The molecular formula is C12H16ClN3O2. The molecular weight excluding hydrogens is 254 g/mol. The predicted octanol–water partition coefficient (Wildman–Crippen LogP) is 2.67. The van der Waals surface area contributed by atoms with E-state index in [-0.39, 0.29) is 5.28 Å². The zero-order valence-electron chi connectivity index (χ0n) is 10.6. The quantitative estimate of drug-likeness (QED) is 0.857. The Morgan fingerprint density at radius 2 is 2.06 bits per heavy atom. The third-order valence-electron chi connectivity index (χ3n) is 1.71. The Labute approximate surface area is 111 Å². The van der Waals surface area contributed by atoms with Gasteiger partial charge in [-0.05, 0) is 32.4 Å². The molecule has 0 saturated heterocycles. The van der Waals surface area contributed by atoms with Gasteiger partial charge in [-0.25, -0.2) is 14.8 Å². The first-order valence-corrected chi connectivity index (χ1v) is 5.85. The summed E-state index contributed by atoms with van der Waals surface area (Å²) in [6.45, 7) is 5.81. The number of nitrogens with one attached hydrogen (secondary N) is 1. The maximum Gasteiger partial charge on any atom is 0.407 e. The molecule has 0 fully saturated rings. The van der Waals surface area contributed by atoms with E-state index in [1.807, 2.05) is 20.8 Å². The lowest BCUT2D eigenvalue weighted by atomic mass is 10.2. The smallest absolute Gasteiger partial charge is 0.407 e. The first-order valence-electron chi connectivity index (χ1n) is 5.48. The molecule has 0 unspecified atom stereocenters. The maximum atomic E-state index is 11.3. The minimum atomic E-state index is -0.488. The van der Waals surface area contributed by atoms with Crippen LogP contribution in [0.2, 0.25) is 5.28 Å². The van der Waals surface area contributed by atoms with Crippen LogP contribution in [-0.2, 0) is 4.74 Å². The van der Waals surface area contributed by atoms with Crippen LogP contribution in [-0.4, -0.2) is 28.2 Å². The molecule has 0 radical (unpaired) electrons. The van der Waals surface area contributed by atoms with Crippen LogP contribution < -0.4 is 5.32 Å². The van der Waals surface area contributed by atoms with Crippen molar-refractivity contribution in [3.8, 4) is 0 Å². The number of nitrogens with zero attached hydrogens (tertiary/aromatic N) is 2. The molecule has 0 spiro atoms. The van der Waals surface area contributed by atoms with Crippen molar-refractivity contribution in [3.05, 3.63) is 29.3 Å². The van der Waals surface area contributed by atoms with Crippen LogP contribution in [0.3, 0.4) is 0 Å². The summed E-state index contributed by atoms with van der Waals surface area (Å²) in [5, 5.41) is 2.81. The number of ether oxygens (including phenoxy) is 1. The van der Waals surface area contributed by atoms with Gasteiger partial charge in [-0.3, -0.25) is 0 Å². The summed E-state index contributed by atoms with van der Waals surface area (Å²) in [7, 11) is 0. The largest absolute Gasteiger partial charge is 0.444 e. The van der Waals surface area contributed by atoms with E-state index in [9.17, 15) is 4.79 Å². The molecule has 6 heteroatoms. The molecule has 1 aromatic heterocycles. The Hall–Kier alpha value is -1.62. The van der Waals surface area contributed by atoms with Crippen LogP contribution >= 0.6 is 11.6 Å². The van der Waals surface area contributed by atoms with Crippen LogP contribution in [0.1, 0.15) is 26.3 Å². The van der Waals surface area contributed by atoms with Crippen LogP contribution in [0.15, 0.2) is 18.5 Å². The SMILES string of the molecule is CC(C)(C)OC(=O)NCC=Cc1cnc(Cl)nc1. The molecule has 98 valence electrons. The summed E-state index contributed by atoms with van der Waals surface area (Å²) in [4.78, 5) is 19.0. The summed E-state index contributed by atoms with van der Waals surface area (Å²) in [5.74, 6) is 0. The molecule has 1 N–H and O–H groups in total. The van der Waals surface area contributed by atoms with E-state index in [1.54, 1.807) is 24.5 Å². The number of rotatable bonds is 3. The summed E-state index contributed by atoms with van der Waals surface area (Å²) in [6, 6.07) is 0. The highest BCUT2D eigenvalue weighted by atomic mass is 35.5. The van der Waals surface area contributed by atoms with Gasteiger partial charge < -0.3 is 10.1 Å². The average molecular weight is 270 g/mol. The first kappa shape index (κ1) is 14.4. The van der Waals surface area contributed by atoms with Gasteiger partial charge >= 0.3 is 6.09 Å². The lowest BCUT2D eigenvalue weighted by Gasteiger charge is -2.19. The fourth-order valence-electron chi connectivity index (χ4n) is 1.06. The minimum absolute atomic E-state index is 0.207. The lowest BCUT2D eigenvalue weighted by molar-refractivity contribution is 0.0534. The van der Waals surface area contributed by atoms with Crippen molar-refractivity contribution in [1.82, 2.24) is 15.3 Å². The van der Waals surface area contributed by atoms with Crippen molar-refractivity contribution >= 4 is 23.8 Å². The summed E-state index contributed by atoms with van der Waals surface area (Å²) < 4.78 is 5.08. The van der Waals surface area contributed by atoms with Crippen molar-refractivity contribution in [1.29, 1.82) is 0 Å². The minimum Gasteiger partial charge on any atom is -0.444 e. The average Bonchev–Trinajstić information content (AvgIpc) is 2.24. The van der Waals surface area contributed by atoms with E-state index in [0.29, 0.717) is 6.54 Å². The van der Waals surface area contributed by atoms with E-state index in [2.05, 4.69) is 15.3 Å². The van der Waals surface area contributed by atoms with Crippen LogP contribution in [0, 0.1) is 0 Å². The number of hydrogen-bond donors (Lipinski definition) is 1. The molecule has 1 rings (SSSR count). The topological polar surface area (TPSA) is 64.1 Å². The standard InChI is InChI=1S/C12H16ClN3O2/c1-12(2,3)18-11(17)14-6-4-5-9-7-15-10(13)16-8-9/h4-5,7-8H,6H2,1-3H3,(H,14,17). The fourth-order valence-corrected chi connectivity index (χ4v) is 1.16. The second-order valence-electron chi connectivity index (χ2n) is 4.57. The van der Waals surface area contributed by atoms with Gasteiger partial charge in [-0.2, -0.15) is 0 Å². The fraction of sp³-hybridized carbons (Fsp3) is 0.417. The van der Waals surface area contributed by atoms with Gasteiger partial charge in [0.1, 0.15) is 5.60 Å². The van der Waals surface area contributed by atoms with Crippen molar-refractivity contribution in [2.75, 3.05) is 6.54 Å². The van der Waals surface area contributed by atoms with E-state index in [4.69, 9.17) is 16.3 Å². The number of halogens is 1. The number of alkyl carbamates (subject to hydrolysis) is 1. The molecule has 0 aliphatic rings. The first-order chi connectivity index (χ1) is 8.37. The van der Waals surface area contributed by atoms with Crippen LogP contribution in [0.5, 0.6) is 0 Å². The molecule has 0 aliphatic heterocycles. The highest BCUT2D eigenvalue weighted by molar-refractivity contribution is 6.28. The second-order valence-corrected chi connectivity index (χ2v) is 4.91. The third-order valence-corrected chi connectivity index (χ3v) is 1.91. The Morgan fingerprint density at radius 3 is 2.61 bits per heavy atom. The van der Waals surface area contributed by atoms with Gasteiger partial charge in [0, 0.05) is 24.5 Å². The van der Waals surface area contributed by atoms with Gasteiger partial charge in [-0.1, -0.05) is 12.2 Å². The summed E-state index contributed by atoms with van der Waals surface area (Å²) >= 11 is 5.56. The monoisotopic (exact) mass is 269 g/mol. The van der Waals surface area contributed by atoms with E-state index < -0.39 is 11.7 Å². The van der Waals surface area contributed by atoms with Crippen molar-refractivity contribution in [2.24, 2.45) is 0 Å². The lowest BCUT2D eigenvalue weighted by Crippen LogP contribution is -2.32. The van der Waals surface area contributed by atoms with Gasteiger partial charge in [0.15, 0.2) is 0 Å². The molecule has 1 amide bonds. The number of amides is 1. The third kappa shape index (κ3) is 6.20. The highest BCUT2D eigenvalue weighted by Crippen LogP contribution is 2.06. The maximum absolute atomic E-state index is 11.3.